The van der Waals surface area contributed by atoms with Gasteiger partial charge in [-0.25, -0.2) is 4.79 Å². The average molecular weight is 683 g/mol. The Bertz CT molecular complexity index is 1870. The number of phenolic OH excluding ortho intramolecular Hbond substituents is 2. The SMILES string of the molecule is CCOC(=O)c1ccccc1O.NNc1ccc([N+](=O)[O-])cc1[N+](=O)[O-].O=C(NNc1ccc([N+](=O)[O-])cc1[N+](=O)[O-])c1ccccc1O. The number of para-hydroxylation sites is 2. The van der Waals surface area contributed by atoms with Crippen LogP contribution >= 0.6 is 0 Å². The van der Waals surface area contributed by atoms with Crippen LogP contribution in [-0.4, -0.2) is 48.4 Å². The van der Waals surface area contributed by atoms with Crippen LogP contribution in [0.25, 0.3) is 0 Å². The van der Waals surface area contributed by atoms with Gasteiger partial charge in [-0.3, -0.25) is 61.9 Å². The summed E-state index contributed by atoms with van der Waals surface area (Å²) in [5, 5.41) is 61.1. The Balaban J connectivity index is 0.000000275. The molecule has 0 aromatic heterocycles. The normalized spacial score (nSPS) is 9.67. The van der Waals surface area contributed by atoms with Crippen molar-refractivity contribution in [1.29, 1.82) is 0 Å². The number of nitrogen functional groups attached to an aromatic ring is 1. The van der Waals surface area contributed by atoms with Crippen LogP contribution in [0.5, 0.6) is 11.5 Å². The second-order valence-electron chi connectivity index (χ2n) is 8.91. The Morgan fingerprint density at radius 2 is 1.14 bits per heavy atom. The highest BCUT2D eigenvalue weighted by Gasteiger charge is 2.21. The van der Waals surface area contributed by atoms with Gasteiger partial charge >= 0.3 is 17.3 Å². The molecule has 0 radical (unpaired) electrons. The Morgan fingerprint density at radius 1 is 0.694 bits per heavy atom. The van der Waals surface area contributed by atoms with E-state index in [1.54, 1.807) is 19.1 Å². The number of nitro groups is 4. The number of amides is 1. The summed E-state index contributed by atoms with van der Waals surface area (Å²) in [6.45, 7) is 2.03. The first kappa shape index (κ1) is 37.8. The number of nitrogens with two attached hydrogens (primary N) is 1. The number of non-ortho nitro benzene ring substituents is 2. The average Bonchev–Trinajstić information content (AvgIpc) is 3.07. The van der Waals surface area contributed by atoms with E-state index in [0.717, 1.165) is 30.3 Å². The lowest BCUT2D eigenvalue weighted by Gasteiger charge is -2.09. The van der Waals surface area contributed by atoms with E-state index < -0.39 is 48.6 Å². The van der Waals surface area contributed by atoms with Crippen LogP contribution < -0.4 is 22.1 Å². The molecule has 0 fully saturated rings. The van der Waals surface area contributed by atoms with E-state index in [4.69, 9.17) is 10.6 Å². The number of phenols is 2. The second kappa shape index (κ2) is 17.9. The van der Waals surface area contributed by atoms with Crippen LogP contribution in [0.1, 0.15) is 27.6 Å². The summed E-state index contributed by atoms with van der Waals surface area (Å²) in [7, 11) is 0. The highest BCUT2D eigenvalue weighted by atomic mass is 16.6. The summed E-state index contributed by atoms with van der Waals surface area (Å²) < 4.78 is 4.71. The maximum Gasteiger partial charge on any atom is 0.341 e. The van der Waals surface area contributed by atoms with Crippen LogP contribution in [0.2, 0.25) is 0 Å². The molecule has 4 rings (SSSR count). The summed E-state index contributed by atoms with van der Waals surface area (Å²) in [5.74, 6) is 3.47. The first-order chi connectivity index (χ1) is 23.2. The Hall–Kier alpha value is -7.42. The molecule has 0 aliphatic carbocycles. The van der Waals surface area contributed by atoms with Gasteiger partial charge in [0.25, 0.3) is 17.3 Å². The number of hydrogen-bond donors (Lipinski definition) is 6. The molecule has 1 amide bonds. The minimum atomic E-state index is -0.818. The molecule has 0 bridgehead atoms. The summed E-state index contributed by atoms with van der Waals surface area (Å²) in [5.41, 5.74) is 4.83. The van der Waals surface area contributed by atoms with Crippen molar-refractivity contribution in [1.82, 2.24) is 5.43 Å². The van der Waals surface area contributed by atoms with E-state index in [2.05, 4.69) is 16.3 Å². The number of hydrazine groups is 2. The van der Waals surface area contributed by atoms with E-state index in [1.165, 1.54) is 42.5 Å². The molecule has 4 aromatic rings. The minimum Gasteiger partial charge on any atom is -0.507 e. The summed E-state index contributed by atoms with van der Waals surface area (Å²) in [6.07, 6.45) is 0. The molecule has 0 saturated heterocycles. The molecule has 0 unspecified atom stereocenters. The van der Waals surface area contributed by atoms with Gasteiger partial charge in [0.1, 0.15) is 28.4 Å². The van der Waals surface area contributed by atoms with Crippen molar-refractivity contribution in [2.75, 3.05) is 17.5 Å². The molecular formula is C28H26N8O13. The quantitative estimate of drug-likeness (QED) is 0.0586. The molecule has 0 aliphatic heterocycles. The van der Waals surface area contributed by atoms with Crippen LogP contribution in [-0.2, 0) is 4.74 Å². The standard InChI is InChI=1S/C13H10N4O6.C9H10O3.C6H6N4O4/c18-12-4-2-1-3-9(12)13(19)15-14-10-6-5-8(16(20)21)7-11(10)17(22)23;1-2-12-9(11)7-5-3-4-6-8(7)10;7-8-5-2-1-4(9(11)12)3-6(5)10(13)14/h1-7,14,18H,(H,15,19);3-6,10H,2H2,1H3;1-3,8H,7H2. The van der Waals surface area contributed by atoms with Gasteiger partial charge in [0.05, 0.1) is 44.0 Å². The summed E-state index contributed by atoms with van der Waals surface area (Å²) in [6, 6.07) is 18.1. The molecule has 21 nitrogen and oxygen atoms in total. The van der Waals surface area contributed by atoms with Gasteiger partial charge in [0.2, 0.25) is 0 Å². The van der Waals surface area contributed by atoms with Crippen LogP contribution in [0.15, 0.2) is 84.9 Å². The molecule has 0 saturated carbocycles. The van der Waals surface area contributed by atoms with Crippen LogP contribution in [0.4, 0.5) is 34.1 Å². The van der Waals surface area contributed by atoms with Gasteiger partial charge in [-0.1, -0.05) is 24.3 Å². The maximum atomic E-state index is 11.9. The van der Waals surface area contributed by atoms with E-state index in [-0.39, 0.29) is 39.7 Å². The fourth-order valence-electron chi connectivity index (χ4n) is 3.51. The number of esters is 1. The number of ether oxygens (including phenoxy) is 1. The molecule has 0 atom stereocenters. The Labute approximate surface area is 274 Å². The van der Waals surface area contributed by atoms with Gasteiger partial charge in [0, 0.05) is 12.1 Å². The van der Waals surface area contributed by atoms with Gasteiger partial charge < -0.3 is 20.4 Å². The Morgan fingerprint density at radius 3 is 1.57 bits per heavy atom. The second-order valence-corrected chi connectivity index (χ2v) is 8.91. The fraction of sp³-hybridized carbons (Fsp3) is 0.0714. The third kappa shape index (κ3) is 10.9. The third-order valence-corrected chi connectivity index (χ3v) is 5.79. The topological polar surface area (TPSA) is 318 Å². The monoisotopic (exact) mass is 682 g/mol. The molecule has 0 spiro atoms. The predicted octanol–water partition coefficient (Wildman–Crippen LogP) is 4.32. The maximum absolute atomic E-state index is 11.9. The van der Waals surface area contributed by atoms with E-state index in [9.17, 15) is 60.3 Å². The number of aromatic hydroxyl groups is 2. The zero-order chi connectivity index (χ0) is 36.7. The largest absolute Gasteiger partial charge is 0.507 e. The van der Waals surface area contributed by atoms with Crippen molar-refractivity contribution in [3.05, 3.63) is 137 Å². The minimum absolute atomic E-state index is 0.0283. The zero-order valence-electron chi connectivity index (χ0n) is 25.0. The first-order valence-corrected chi connectivity index (χ1v) is 13.3. The van der Waals surface area contributed by atoms with Gasteiger partial charge in [0.15, 0.2) is 0 Å². The lowest BCUT2D eigenvalue weighted by Crippen LogP contribution is -2.29. The number of carbonyl (C=O) groups is 2. The number of nitrogens with one attached hydrogen (secondary N) is 3. The lowest BCUT2D eigenvalue weighted by molar-refractivity contribution is -0.393. The van der Waals surface area contributed by atoms with Crippen LogP contribution in [0, 0.1) is 40.5 Å². The lowest BCUT2D eigenvalue weighted by atomic mass is 10.2. The van der Waals surface area contributed by atoms with Crippen molar-refractivity contribution in [3.63, 3.8) is 0 Å². The van der Waals surface area contributed by atoms with Crippen molar-refractivity contribution in [2.24, 2.45) is 5.84 Å². The van der Waals surface area contributed by atoms with Crippen molar-refractivity contribution >= 4 is 46.0 Å². The molecule has 256 valence electrons. The van der Waals surface area contributed by atoms with Gasteiger partial charge in [-0.15, -0.1) is 0 Å². The number of hydrogen-bond acceptors (Lipinski definition) is 16. The van der Waals surface area contributed by atoms with Gasteiger partial charge in [-0.05, 0) is 43.3 Å². The van der Waals surface area contributed by atoms with Crippen LogP contribution in [0.3, 0.4) is 0 Å². The fourth-order valence-corrected chi connectivity index (χ4v) is 3.51. The molecular weight excluding hydrogens is 656 g/mol. The van der Waals surface area contributed by atoms with Crippen molar-refractivity contribution in [3.8, 4) is 11.5 Å². The van der Waals surface area contributed by atoms with E-state index in [0.29, 0.717) is 6.61 Å². The number of nitrogens with zero attached hydrogens (tertiary/aromatic N) is 4. The first-order valence-electron chi connectivity index (χ1n) is 13.3. The summed E-state index contributed by atoms with van der Waals surface area (Å²) >= 11 is 0. The van der Waals surface area contributed by atoms with Gasteiger partial charge in [-0.2, -0.15) is 0 Å². The third-order valence-electron chi connectivity index (χ3n) is 5.79. The molecule has 0 aliphatic rings. The van der Waals surface area contributed by atoms with Crippen molar-refractivity contribution in [2.45, 2.75) is 6.92 Å². The van der Waals surface area contributed by atoms with E-state index >= 15 is 0 Å². The molecule has 21 heteroatoms. The molecule has 49 heavy (non-hydrogen) atoms. The Kier molecular flexibility index (Phi) is 13.8. The smallest absolute Gasteiger partial charge is 0.341 e. The highest BCUT2D eigenvalue weighted by Crippen LogP contribution is 2.29. The molecule has 4 aromatic carbocycles. The molecule has 7 N–H and O–H groups in total. The summed E-state index contributed by atoms with van der Waals surface area (Å²) in [4.78, 5) is 62.3. The van der Waals surface area contributed by atoms with E-state index in [1.807, 2.05) is 0 Å². The zero-order valence-corrected chi connectivity index (χ0v) is 25.0. The number of carbonyl (C=O) groups excluding carboxylic acids is 2. The number of nitro benzene ring substituents is 4. The number of rotatable bonds is 10. The number of benzene rings is 4. The molecule has 0 heterocycles. The van der Waals surface area contributed by atoms with Crippen molar-refractivity contribution < 1.29 is 44.2 Å². The highest BCUT2D eigenvalue weighted by molar-refractivity contribution is 5.97. The predicted molar refractivity (Wildman–Crippen MR) is 171 cm³/mol. The number of anilines is 2.